The molecule has 0 bridgehead atoms. The molecule has 0 aliphatic rings. The number of primary amides is 1. The number of H-pyrrole nitrogens is 1. The minimum Gasteiger partial charge on any atom is -0.368 e. The summed E-state index contributed by atoms with van der Waals surface area (Å²) in [7, 11) is -3.41. The fourth-order valence-electron chi connectivity index (χ4n) is 5.98. The SMILES string of the molecule is CC(C)(N)C(=O)NC(=O)N[C@@H](Cc1c[nH]cn1)C(=O)N[C@H](Cc1ccc2ccccc2c1)C(=O)N[C@H](Cc1ccccc1)C(=O)N[C@@H](CCCCNS(C)(=O)=O)C(N)=O. The standard InChI is InChI=1S/C40H52N10O8S/c1-40(2,42)38(55)50-39(56)49-33(22-29-23-43-24-44-29)37(54)48-32(21-26-16-17-27-13-7-8-14-28(27)19-26)36(53)47-31(20-25-11-5-4-6-12-25)35(52)46-30(34(41)51)15-9-10-18-45-59(3,57)58/h4-8,11-14,16-17,19,23-24,30-33,45H,9-10,15,18,20-22,42H2,1-3H3,(H2,41,51)(H,43,44)(H,46,52)(H,47,53)(H,48,54)(H2,49,50,55,56)/t30-,31+,32+,33-/m0/s1. The van der Waals surface area contributed by atoms with Crippen molar-refractivity contribution in [2.24, 2.45) is 11.5 Å². The first-order valence-electron chi connectivity index (χ1n) is 18.9. The van der Waals surface area contributed by atoms with Crippen molar-refractivity contribution in [1.82, 2.24) is 41.3 Å². The Bertz CT molecular complexity index is 2190. The maximum atomic E-state index is 14.4. The van der Waals surface area contributed by atoms with Gasteiger partial charge in [-0.2, -0.15) is 0 Å². The summed E-state index contributed by atoms with van der Waals surface area (Å²) in [4.78, 5) is 87.2. The molecule has 7 amide bonds. The first kappa shape index (κ1) is 45.5. The van der Waals surface area contributed by atoms with Crippen LogP contribution in [-0.4, -0.2) is 96.5 Å². The van der Waals surface area contributed by atoms with Gasteiger partial charge < -0.3 is 37.7 Å². The molecule has 0 spiro atoms. The van der Waals surface area contributed by atoms with Crippen molar-refractivity contribution in [2.75, 3.05) is 12.8 Å². The Balaban J connectivity index is 1.61. The Morgan fingerprint density at radius 1 is 0.729 bits per heavy atom. The van der Waals surface area contributed by atoms with Crippen LogP contribution < -0.4 is 42.8 Å². The lowest BCUT2D eigenvalue weighted by atomic mass is 9.99. The number of amides is 7. The molecule has 59 heavy (non-hydrogen) atoms. The number of nitrogens with zero attached hydrogens (tertiary/aromatic N) is 1. The lowest BCUT2D eigenvalue weighted by molar-refractivity contribution is -0.133. The molecule has 0 unspecified atom stereocenters. The number of nitrogens with one attached hydrogen (secondary N) is 7. The van der Waals surface area contributed by atoms with Crippen molar-refractivity contribution in [3.8, 4) is 0 Å². The van der Waals surface area contributed by atoms with E-state index in [9.17, 15) is 37.2 Å². The third-order valence-electron chi connectivity index (χ3n) is 9.15. The first-order chi connectivity index (χ1) is 27.9. The molecule has 0 aliphatic carbocycles. The van der Waals surface area contributed by atoms with Gasteiger partial charge in [0.15, 0.2) is 0 Å². The van der Waals surface area contributed by atoms with Crippen LogP contribution in [0.25, 0.3) is 10.8 Å². The molecule has 1 heterocycles. The number of carbonyl (C=O) groups is 6. The van der Waals surface area contributed by atoms with Crippen LogP contribution in [0.5, 0.6) is 0 Å². The maximum absolute atomic E-state index is 14.4. The molecule has 4 aromatic rings. The van der Waals surface area contributed by atoms with Crippen LogP contribution in [0, 0.1) is 0 Å². The zero-order chi connectivity index (χ0) is 43.2. The van der Waals surface area contributed by atoms with Crippen molar-refractivity contribution in [3.05, 3.63) is 102 Å². The fourth-order valence-corrected chi connectivity index (χ4v) is 6.50. The number of rotatable bonds is 21. The maximum Gasteiger partial charge on any atom is 0.322 e. The minimum atomic E-state index is -3.41. The van der Waals surface area contributed by atoms with Crippen molar-refractivity contribution in [2.45, 2.75) is 82.1 Å². The van der Waals surface area contributed by atoms with Gasteiger partial charge in [-0.25, -0.2) is 22.9 Å². The number of urea groups is 1. The van der Waals surface area contributed by atoms with Crippen LogP contribution in [-0.2, 0) is 53.3 Å². The van der Waals surface area contributed by atoms with E-state index in [1.807, 2.05) is 36.4 Å². The van der Waals surface area contributed by atoms with Crippen LogP contribution in [0.3, 0.4) is 0 Å². The van der Waals surface area contributed by atoms with Crippen molar-refractivity contribution in [1.29, 1.82) is 0 Å². The number of imidazole rings is 1. The van der Waals surface area contributed by atoms with E-state index >= 15 is 0 Å². The molecule has 11 N–H and O–H groups in total. The number of aromatic amines is 1. The second-order valence-electron chi connectivity index (χ2n) is 14.8. The molecule has 0 fully saturated rings. The Morgan fingerprint density at radius 2 is 1.31 bits per heavy atom. The summed E-state index contributed by atoms with van der Waals surface area (Å²) >= 11 is 0. The van der Waals surface area contributed by atoms with Crippen LogP contribution in [0.1, 0.15) is 49.9 Å². The molecular formula is C40H52N10O8S. The number of hydrogen-bond donors (Lipinski definition) is 9. The number of hydrogen-bond acceptors (Lipinski definition) is 10. The van der Waals surface area contributed by atoms with Gasteiger partial charge in [0, 0.05) is 32.0 Å². The predicted octanol–water partition coefficient (Wildman–Crippen LogP) is 0.182. The average Bonchev–Trinajstić information content (AvgIpc) is 3.69. The molecule has 0 aliphatic heterocycles. The van der Waals surface area contributed by atoms with E-state index in [4.69, 9.17) is 11.5 Å². The largest absolute Gasteiger partial charge is 0.368 e. The van der Waals surface area contributed by atoms with Gasteiger partial charge >= 0.3 is 6.03 Å². The summed E-state index contributed by atoms with van der Waals surface area (Å²) in [5.41, 5.74) is 11.8. The van der Waals surface area contributed by atoms with Crippen molar-refractivity contribution in [3.63, 3.8) is 0 Å². The van der Waals surface area contributed by atoms with Crippen LogP contribution in [0.4, 0.5) is 4.79 Å². The predicted molar refractivity (Wildman–Crippen MR) is 221 cm³/mol. The zero-order valence-electron chi connectivity index (χ0n) is 33.1. The molecular weight excluding hydrogens is 781 g/mol. The Labute approximate surface area is 342 Å². The van der Waals surface area contributed by atoms with Crippen LogP contribution >= 0.6 is 0 Å². The number of carbonyl (C=O) groups excluding carboxylic acids is 6. The molecule has 4 rings (SSSR count). The third kappa shape index (κ3) is 15.3. The van der Waals surface area contributed by atoms with E-state index in [-0.39, 0.29) is 32.2 Å². The lowest BCUT2D eigenvalue weighted by Gasteiger charge is -2.27. The minimum absolute atomic E-state index is 0.00611. The Morgan fingerprint density at radius 3 is 1.88 bits per heavy atom. The zero-order valence-corrected chi connectivity index (χ0v) is 33.9. The van der Waals surface area contributed by atoms with Gasteiger partial charge in [0.05, 0.1) is 23.8 Å². The Hall–Kier alpha value is -6.18. The quantitative estimate of drug-likeness (QED) is 0.0514. The van der Waals surface area contributed by atoms with Crippen LogP contribution in [0.2, 0.25) is 0 Å². The van der Waals surface area contributed by atoms with Gasteiger partial charge in [0.25, 0.3) is 0 Å². The molecule has 0 saturated heterocycles. The van der Waals surface area contributed by atoms with Gasteiger partial charge in [-0.3, -0.25) is 29.3 Å². The number of fused-ring (bicyclic) bond motifs is 1. The molecule has 19 heteroatoms. The molecule has 4 atom stereocenters. The topological polar surface area (TPSA) is 289 Å². The highest BCUT2D eigenvalue weighted by atomic mass is 32.2. The first-order valence-corrected chi connectivity index (χ1v) is 20.8. The highest BCUT2D eigenvalue weighted by Gasteiger charge is 2.33. The third-order valence-corrected chi connectivity index (χ3v) is 9.88. The number of nitrogens with two attached hydrogens (primary N) is 2. The second kappa shape index (κ2) is 21.0. The fraction of sp³-hybridized carbons (Fsp3) is 0.375. The van der Waals surface area contributed by atoms with E-state index < -0.39 is 75.3 Å². The number of imide groups is 1. The molecule has 3 aromatic carbocycles. The highest BCUT2D eigenvalue weighted by Crippen LogP contribution is 2.17. The molecule has 0 radical (unpaired) electrons. The molecule has 316 valence electrons. The van der Waals surface area contributed by atoms with E-state index in [0.29, 0.717) is 29.7 Å². The van der Waals surface area contributed by atoms with Gasteiger partial charge in [-0.1, -0.05) is 72.8 Å². The number of sulfonamides is 1. The van der Waals surface area contributed by atoms with E-state index in [1.54, 1.807) is 36.4 Å². The van der Waals surface area contributed by atoms with Crippen molar-refractivity contribution < 1.29 is 37.2 Å². The van der Waals surface area contributed by atoms with E-state index in [1.165, 1.54) is 26.4 Å². The monoisotopic (exact) mass is 832 g/mol. The number of benzene rings is 3. The second-order valence-corrected chi connectivity index (χ2v) is 16.6. The highest BCUT2D eigenvalue weighted by molar-refractivity contribution is 7.88. The lowest BCUT2D eigenvalue weighted by Crippen LogP contribution is -2.60. The summed E-state index contributed by atoms with van der Waals surface area (Å²) < 4.78 is 25.2. The van der Waals surface area contributed by atoms with Gasteiger partial charge in [0.2, 0.25) is 39.6 Å². The molecule has 1 aromatic heterocycles. The number of aromatic nitrogens is 2. The smallest absolute Gasteiger partial charge is 0.322 e. The Kier molecular flexibility index (Phi) is 16.2. The van der Waals surface area contributed by atoms with Gasteiger partial charge in [0.1, 0.15) is 24.2 Å². The molecule has 18 nitrogen and oxygen atoms in total. The van der Waals surface area contributed by atoms with E-state index in [2.05, 4.69) is 41.3 Å². The summed E-state index contributed by atoms with van der Waals surface area (Å²) in [6.07, 6.45) is 4.56. The summed E-state index contributed by atoms with van der Waals surface area (Å²) in [6, 6.07) is 15.9. The summed E-state index contributed by atoms with van der Waals surface area (Å²) in [5, 5.41) is 14.6. The average molecular weight is 833 g/mol. The van der Waals surface area contributed by atoms with Crippen molar-refractivity contribution >= 4 is 56.4 Å². The van der Waals surface area contributed by atoms with E-state index in [0.717, 1.165) is 17.0 Å². The summed E-state index contributed by atoms with van der Waals surface area (Å²) in [5.74, 6) is -3.90. The normalized spacial score (nSPS) is 13.6. The summed E-state index contributed by atoms with van der Waals surface area (Å²) in [6.45, 7) is 2.94. The van der Waals surface area contributed by atoms with Crippen LogP contribution in [0.15, 0.2) is 85.3 Å². The van der Waals surface area contributed by atoms with Gasteiger partial charge in [-0.05, 0) is 55.0 Å². The number of unbranched alkanes of at least 4 members (excludes halogenated alkanes) is 1. The molecule has 0 saturated carbocycles. The van der Waals surface area contributed by atoms with Gasteiger partial charge in [-0.15, -0.1) is 0 Å².